The minimum atomic E-state index is -0.647. The van der Waals surface area contributed by atoms with Crippen LogP contribution in [0.3, 0.4) is 0 Å². The topological polar surface area (TPSA) is 104 Å². The highest BCUT2D eigenvalue weighted by Gasteiger charge is 2.17. The highest BCUT2D eigenvalue weighted by molar-refractivity contribution is 7.18. The van der Waals surface area contributed by atoms with Gasteiger partial charge >= 0.3 is 0 Å². The molecule has 0 aliphatic heterocycles. The summed E-state index contributed by atoms with van der Waals surface area (Å²) < 4.78 is 11.5. The van der Waals surface area contributed by atoms with Gasteiger partial charge in [0.25, 0.3) is 11.8 Å². The molecule has 2 aromatic carbocycles. The number of aromatic nitrogens is 1. The first-order valence-corrected chi connectivity index (χ1v) is 9.08. The van der Waals surface area contributed by atoms with Crippen LogP contribution in [0, 0.1) is 0 Å². The van der Waals surface area contributed by atoms with Crippen LogP contribution in [0.2, 0.25) is 5.02 Å². The number of thiazole rings is 1. The van der Waals surface area contributed by atoms with Crippen LogP contribution < -0.4 is 20.5 Å². The van der Waals surface area contributed by atoms with Gasteiger partial charge in [-0.25, -0.2) is 4.98 Å². The van der Waals surface area contributed by atoms with Crippen molar-refractivity contribution in [1.29, 1.82) is 0 Å². The van der Waals surface area contributed by atoms with E-state index in [9.17, 15) is 9.59 Å². The van der Waals surface area contributed by atoms with Crippen molar-refractivity contribution < 1.29 is 19.1 Å². The quantitative estimate of drug-likeness (QED) is 0.629. The SMILES string of the molecule is COc1cc(C(=O)NCc2nc3ccccc3s2)cc(Cl)c1OCC(N)=O. The van der Waals surface area contributed by atoms with E-state index in [2.05, 4.69) is 10.3 Å². The summed E-state index contributed by atoms with van der Waals surface area (Å²) in [6.07, 6.45) is 0. The third-order valence-electron chi connectivity index (χ3n) is 3.59. The number of hydrogen-bond acceptors (Lipinski definition) is 6. The van der Waals surface area contributed by atoms with Crippen LogP contribution >= 0.6 is 22.9 Å². The van der Waals surface area contributed by atoms with E-state index in [1.54, 1.807) is 0 Å². The van der Waals surface area contributed by atoms with Crippen LogP contribution in [0.4, 0.5) is 0 Å². The molecule has 9 heteroatoms. The lowest BCUT2D eigenvalue weighted by Gasteiger charge is -2.13. The Bertz CT molecular complexity index is 972. The van der Waals surface area contributed by atoms with Crippen molar-refractivity contribution in [1.82, 2.24) is 10.3 Å². The van der Waals surface area contributed by atoms with Gasteiger partial charge in [-0.3, -0.25) is 9.59 Å². The van der Waals surface area contributed by atoms with Crippen molar-refractivity contribution in [2.24, 2.45) is 5.73 Å². The van der Waals surface area contributed by atoms with Crippen LogP contribution in [0.25, 0.3) is 10.2 Å². The Morgan fingerprint density at radius 2 is 2.07 bits per heavy atom. The molecule has 0 bridgehead atoms. The lowest BCUT2D eigenvalue weighted by Crippen LogP contribution is -2.23. The molecule has 2 amide bonds. The Morgan fingerprint density at radius 3 is 2.78 bits per heavy atom. The summed E-state index contributed by atoms with van der Waals surface area (Å²) in [5, 5.41) is 3.74. The average molecular weight is 406 g/mol. The molecule has 7 nitrogen and oxygen atoms in total. The molecule has 0 saturated heterocycles. The van der Waals surface area contributed by atoms with E-state index < -0.39 is 5.91 Å². The number of nitrogens with one attached hydrogen (secondary N) is 1. The predicted octanol–water partition coefficient (Wildman–Crippen LogP) is 2.75. The number of nitrogens with zero attached hydrogens (tertiary/aromatic N) is 1. The number of methoxy groups -OCH3 is 1. The molecule has 0 spiro atoms. The molecule has 0 radical (unpaired) electrons. The Hall–Kier alpha value is -2.84. The van der Waals surface area contributed by atoms with Gasteiger partial charge in [-0.1, -0.05) is 23.7 Å². The molecule has 3 aromatic rings. The summed E-state index contributed by atoms with van der Waals surface area (Å²) in [5.74, 6) is -0.601. The molecule has 0 atom stereocenters. The largest absolute Gasteiger partial charge is 0.493 e. The van der Waals surface area contributed by atoms with E-state index in [0.29, 0.717) is 5.56 Å². The van der Waals surface area contributed by atoms with Gasteiger partial charge in [0, 0.05) is 5.56 Å². The van der Waals surface area contributed by atoms with Gasteiger partial charge in [-0.15, -0.1) is 11.3 Å². The van der Waals surface area contributed by atoms with Gasteiger partial charge in [0.05, 0.1) is 28.9 Å². The van der Waals surface area contributed by atoms with Crippen molar-refractivity contribution in [3.8, 4) is 11.5 Å². The zero-order valence-electron chi connectivity index (χ0n) is 14.3. The number of carbonyl (C=O) groups is 2. The molecule has 27 heavy (non-hydrogen) atoms. The maximum absolute atomic E-state index is 12.5. The van der Waals surface area contributed by atoms with Crippen LogP contribution in [-0.4, -0.2) is 30.5 Å². The van der Waals surface area contributed by atoms with E-state index in [-0.39, 0.29) is 35.6 Å². The zero-order valence-corrected chi connectivity index (χ0v) is 15.9. The highest BCUT2D eigenvalue weighted by Crippen LogP contribution is 2.36. The second-order valence-corrected chi connectivity index (χ2v) is 7.02. The number of ether oxygens (including phenoxy) is 2. The van der Waals surface area contributed by atoms with E-state index in [1.807, 2.05) is 24.3 Å². The number of carbonyl (C=O) groups excluding carboxylic acids is 2. The predicted molar refractivity (Wildman–Crippen MR) is 103 cm³/mol. The standard InChI is InChI=1S/C18H16ClN3O4S/c1-25-13-7-10(6-11(19)17(13)26-9-15(20)23)18(24)21-8-16-22-12-4-2-3-5-14(12)27-16/h2-7H,8-9H2,1H3,(H2,20,23)(H,21,24). The van der Waals surface area contributed by atoms with Gasteiger partial charge < -0.3 is 20.5 Å². The zero-order chi connectivity index (χ0) is 19.4. The molecular weight excluding hydrogens is 390 g/mol. The van der Waals surface area contributed by atoms with Gasteiger partial charge in [-0.2, -0.15) is 0 Å². The summed E-state index contributed by atoms with van der Waals surface area (Å²) in [6.45, 7) is -0.0583. The molecular formula is C18H16ClN3O4S. The summed E-state index contributed by atoms with van der Waals surface area (Å²) in [6, 6.07) is 10.7. The lowest BCUT2D eigenvalue weighted by atomic mass is 10.2. The maximum Gasteiger partial charge on any atom is 0.255 e. The lowest BCUT2D eigenvalue weighted by molar-refractivity contribution is -0.119. The van der Waals surface area contributed by atoms with Crippen molar-refractivity contribution in [2.45, 2.75) is 6.54 Å². The average Bonchev–Trinajstić information content (AvgIpc) is 3.07. The van der Waals surface area contributed by atoms with Crippen molar-refractivity contribution in [2.75, 3.05) is 13.7 Å². The van der Waals surface area contributed by atoms with Crippen LogP contribution in [0.1, 0.15) is 15.4 Å². The summed E-state index contributed by atoms with van der Waals surface area (Å²) in [5.41, 5.74) is 6.26. The molecule has 0 saturated carbocycles. The third-order valence-corrected chi connectivity index (χ3v) is 4.91. The van der Waals surface area contributed by atoms with Crippen molar-refractivity contribution >= 4 is 45.0 Å². The molecule has 140 valence electrons. The van der Waals surface area contributed by atoms with E-state index in [4.69, 9.17) is 26.8 Å². The Balaban J connectivity index is 1.73. The van der Waals surface area contributed by atoms with Crippen LogP contribution in [0.5, 0.6) is 11.5 Å². The number of para-hydroxylation sites is 1. The fourth-order valence-corrected chi connectivity index (χ4v) is 3.56. The minimum absolute atomic E-state index is 0.140. The molecule has 3 N–H and O–H groups in total. The number of benzene rings is 2. The first-order chi connectivity index (χ1) is 13.0. The van der Waals surface area contributed by atoms with Gasteiger partial charge in [-0.05, 0) is 24.3 Å². The summed E-state index contributed by atoms with van der Waals surface area (Å²) in [4.78, 5) is 27.8. The van der Waals surface area contributed by atoms with E-state index in [0.717, 1.165) is 15.2 Å². The van der Waals surface area contributed by atoms with Crippen LogP contribution in [0.15, 0.2) is 36.4 Å². The number of fused-ring (bicyclic) bond motifs is 1. The fourth-order valence-electron chi connectivity index (χ4n) is 2.39. The first kappa shape index (κ1) is 18.9. The number of primary amides is 1. The summed E-state index contributed by atoms with van der Waals surface area (Å²) in [7, 11) is 1.41. The van der Waals surface area contributed by atoms with E-state index in [1.165, 1.54) is 30.6 Å². The Morgan fingerprint density at radius 1 is 1.30 bits per heavy atom. The van der Waals surface area contributed by atoms with Gasteiger partial charge in [0.1, 0.15) is 5.01 Å². The second kappa shape index (κ2) is 8.24. The minimum Gasteiger partial charge on any atom is -0.493 e. The first-order valence-electron chi connectivity index (χ1n) is 7.89. The molecule has 3 rings (SSSR count). The van der Waals surface area contributed by atoms with Gasteiger partial charge in [0.2, 0.25) is 0 Å². The van der Waals surface area contributed by atoms with Crippen LogP contribution in [-0.2, 0) is 11.3 Å². The van der Waals surface area contributed by atoms with Gasteiger partial charge in [0.15, 0.2) is 18.1 Å². The number of hydrogen-bond donors (Lipinski definition) is 2. The number of rotatable bonds is 7. The molecule has 0 aliphatic carbocycles. The number of amides is 2. The molecule has 1 heterocycles. The van der Waals surface area contributed by atoms with Crippen molar-refractivity contribution in [3.05, 3.63) is 52.0 Å². The smallest absolute Gasteiger partial charge is 0.255 e. The maximum atomic E-state index is 12.5. The second-order valence-electron chi connectivity index (χ2n) is 5.50. The fraction of sp³-hybridized carbons (Fsp3) is 0.167. The normalized spacial score (nSPS) is 10.6. The highest BCUT2D eigenvalue weighted by atomic mass is 35.5. The van der Waals surface area contributed by atoms with E-state index >= 15 is 0 Å². The molecule has 0 aliphatic rings. The third kappa shape index (κ3) is 4.47. The Labute approximate surface area is 164 Å². The summed E-state index contributed by atoms with van der Waals surface area (Å²) >= 11 is 7.68. The monoisotopic (exact) mass is 405 g/mol. The van der Waals surface area contributed by atoms with Crippen molar-refractivity contribution in [3.63, 3.8) is 0 Å². The number of nitrogens with two attached hydrogens (primary N) is 1. The molecule has 0 fully saturated rings. The molecule has 1 aromatic heterocycles. The number of halogens is 1. The molecule has 0 unspecified atom stereocenters. The Kier molecular flexibility index (Phi) is 5.78.